The molecule has 0 aromatic carbocycles. The molecule has 0 aliphatic carbocycles. The summed E-state index contributed by atoms with van der Waals surface area (Å²) in [6.07, 6.45) is 0. The molecule has 0 unspecified atom stereocenters. The Morgan fingerprint density at radius 2 is 2.00 bits per heavy atom. The van der Waals surface area contributed by atoms with Gasteiger partial charge in [-0.2, -0.15) is 0 Å². The minimum Gasteiger partial charge on any atom is -0.332 e. The second-order valence-corrected chi connectivity index (χ2v) is 2.84. The molecule has 3 nitrogen and oxygen atoms in total. The Balaban J connectivity index is 3.74. The number of urea groups is 1. The first-order valence-corrected chi connectivity index (χ1v) is 2.74. The summed E-state index contributed by atoms with van der Waals surface area (Å²) in [5.74, 6) is 0. The summed E-state index contributed by atoms with van der Waals surface area (Å²) < 4.78 is 0. The van der Waals surface area contributed by atoms with Crippen LogP contribution in [0.3, 0.4) is 0 Å². The van der Waals surface area contributed by atoms with Gasteiger partial charge in [-0.1, -0.05) is 0 Å². The Bertz CT molecular complexity index is 124. The lowest BCUT2D eigenvalue weighted by Gasteiger charge is -2.17. The molecule has 0 saturated heterocycles. The second kappa shape index (κ2) is 2.62. The molecule has 0 aliphatic heterocycles. The van der Waals surface area contributed by atoms with Crippen molar-refractivity contribution in [3.8, 4) is 0 Å². The maximum Gasteiger partial charge on any atom is 0.340 e. The molecule has 2 amide bonds. The Morgan fingerprint density at radius 1 is 1.56 bits per heavy atom. The number of rotatable bonds is 0. The number of hydrogen-bond donors (Lipinski definition) is 1. The van der Waals surface area contributed by atoms with Gasteiger partial charge in [0.25, 0.3) is 0 Å². The standard InChI is InChI=1S/C6H12N2O/c1-6(2,3)8-5(9)7-4/h4H2,1-3H3,(H,8,9). The maximum absolute atomic E-state index is 10.5. The molecule has 3 heteroatoms. The summed E-state index contributed by atoms with van der Waals surface area (Å²) in [5.41, 5.74) is -0.210. The number of carbonyl (C=O) groups excluding carboxylic acids is 1. The highest BCUT2D eigenvalue weighted by Crippen LogP contribution is 1.97. The molecule has 1 N–H and O–H groups in total. The van der Waals surface area contributed by atoms with Gasteiger partial charge >= 0.3 is 6.03 Å². The van der Waals surface area contributed by atoms with Crippen LogP contribution in [0.1, 0.15) is 20.8 Å². The van der Waals surface area contributed by atoms with E-state index in [1.54, 1.807) is 0 Å². The molecule has 0 fully saturated rings. The fourth-order valence-electron chi connectivity index (χ4n) is 0.360. The van der Waals surface area contributed by atoms with Gasteiger partial charge < -0.3 is 5.32 Å². The van der Waals surface area contributed by atoms with Crippen LogP contribution >= 0.6 is 0 Å². The van der Waals surface area contributed by atoms with Gasteiger partial charge in [0, 0.05) is 5.54 Å². The van der Waals surface area contributed by atoms with Gasteiger partial charge in [0.05, 0.1) is 0 Å². The first-order valence-electron chi connectivity index (χ1n) is 2.74. The summed E-state index contributed by atoms with van der Waals surface area (Å²) in [7, 11) is 0. The van der Waals surface area contributed by atoms with Gasteiger partial charge in [-0.3, -0.25) is 0 Å². The van der Waals surface area contributed by atoms with E-state index in [2.05, 4.69) is 17.0 Å². The van der Waals surface area contributed by atoms with Gasteiger partial charge in [-0.25, -0.2) is 9.79 Å². The number of carbonyl (C=O) groups is 1. The molecule has 0 saturated carbocycles. The van der Waals surface area contributed by atoms with Gasteiger partial charge in [-0.05, 0) is 27.5 Å². The summed E-state index contributed by atoms with van der Waals surface area (Å²) in [5, 5.41) is 2.60. The van der Waals surface area contributed by atoms with Crippen LogP contribution < -0.4 is 5.32 Å². The monoisotopic (exact) mass is 128 g/mol. The number of amides is 2. The highest BCUT2D eigenvalue weighted by molar-refractivity contribution is 5.79. The molecule has 0 heterocycles. The molecular formula is C6H12N2O. The van der Waals surface area contributed by atoms with E-state index in [4.69, 9.17) is 0 Å². The summed E-state index contributed by atoms with van der Waals surface area (Å²) in [4.78, 5) is 13.7. The van der Waals surface area contributed by atoms with E-state index in [0.717, 1.165) is 0 Å². The predicted octanol–water partition coefficient (Wildman–Crippen LogP) is 1.20. The molecule has 0 aromatic heterocycles. The fourth-order valence-corrected chi connectivity index (χ4v) is 0.360. The minimum atomic E-state index is -0.373. The van der Waals surface area contributed by atoms with Gasteiger partial charge in [0.15, 0.2) is 0 Å². The molecule has 52 valence electrons. The third-order valence-electron chi connectivity index (χ3n) is 0.626. The molecule has 0 atom stereocenters. The van der Waals surface area contributed by atoms with Crippen molar-refractivity contribution in [2.45, 2.75) is 26.3 Å². The van der Waals surface area contributed by atoms with Crippen LogP contribution in [0.5, 0.6) is 0 Å². The van der Waals surface area contributed by atoms with Crippen molar-refractivity contribution in [1.82, 2.24) is 5.32 Å². The average molecular weight is 128 g/mol. The third kappa shape index (κ3) is 5.00. The third-order valence-corrected chi connectivity index (χ3v) is 0.626. The van der Waals surface area contributed by atoms with Gasteiger partial charge in [0.2, 0.25) is 0 Å². The van der Waals surface area contributed by atoms with E-state index >= 15 is 0 Å². The average Bonchev–Trinajstić information content (AvgIpc) is 1.62. The largest absolute Gasteiger partial charge is 0.340 e. The molecule has 9 heavy (non-hydrogen) atoms. The highest BCUT2D eigenvalue weighted by Gasteiger charge is 2.11. The fraction of sp³-hybridized carbons (Fsp3) is 0.667. The Hall–Kier alpha value is -0.860. The van der Waals surface area contributed by atoms with Crippen LogP contribution in [0.15, 0.2) is 4.99 Å². The molecule has 0 rings (SSSR count). The van der Waals surface area contributed by atoms with E-state index in [1.807, 2.05) is 20.8 Å². The lowest BCUT2D eigenvalue weighted by Crippen LogP contribution is -2.38. The number of hydrogen-bond acceptors (Lipinski definition) is 1. The first kappa shape index (κ1) is 8.14. The van der Waals surface area contributed by atoms with Crippen molar-refractivity contribution in [3.63, 3.8) is 0 Å². The van der Waals surface area contributed by atoms with Crippen LogP contribution in [0, 0.1) is 0 Å². The number of nitrogens with one attached hydrogen (secondary N) is 1. The smallest absolute Gasteiger partial charge is 0.332 e. The summed E-state index contributed by atoms with van der Waals surface area (Å²) in [6, 6.07) is -0.373. The van der Waals surface area contributed by atoms with Crippen LogP contribution in [0.25, 0.3) is 0 Å². The second-order valence-electron chi connectivity index (χ2n) is 2.84. The molecule has 0 aromatic rings. The maximum atomic E-state index is 10.5. The van der Waals surface area contributed by atoms with Crippen LogP contribution in [0.4, 0.5) is 4.79 Å². The Labute approximate surface area is 55.2 Å². The molecule has 0 radical (unpaired) electrons. The van der Waals surface area contributed by atoms with Gasteiger partial charge in [-0.15, -0.1) is 0 Å². The zero-order valence-electron chi connectivity index (χ0n) is 6.06. The van der Waals surface area contributed by atoms with E-state index in [1.165, 1.54) is 0 Å². The molecule has 0 aliphatic rings. The minimum absolute atomic E-state index is 0.210. The Morgan fingerprint density at radius 3 is 2.11 bits per heavy atom. The quantitative estimate of drug-likeness (QED) is 0.489. The van der Waals surface area contributed by atoms with Crippen LogP contribution in [0.2, 0.25) is 0 Å². The highest BCUT2D eigenvalue weighted by atomic mass is 16.2. The number of aliphatic imine (C=N–C) groups is 1. The first-order chi connectivity index (χ1) is 3.95. The number of nitrogens with zero attached hydrogens (tertiary/aromatic N) is 1. The summed E-state index contributed by atoms with van der Waals surface area (Å²) in [6.45, 7) is 8.74. The Kier molecular flexibility index (Phi) is 2.37. The normalized spacial score (nSPS) is 10.6. The zero-order valence-corrected chi connectivity index (χ0v) is 6.06. The van der Waals surface area contributed by atoms with Crippen LogP contribution in [-0.4, -0.2) is 18.3 Å². The van der Waals surface area contributed by atoms with Crippen molar-refractivity contribution in [2.24, 2.45) is 4.99 Å². The van der Waals surface area contributed by atoms with E-state index in [0.29, 0.717) is 0 Å². The molecule has 0 spiro atoms. The predicted molar refractivity (Wildman–Crippen MR) is 37.8 cm³/mol. The van der Waals surface area contributed by atoms with Crippen LogP contribution in [-0.2, 0) is 0 Å². The van der Waals surface area contributed by atoms with Crippen molar-refractivity contribution in [1.29, 1.82) is 0 Å². The van der Waals surface area contributed by atoms with E-state index in [9.17, 15) is 4.79 Å². The topological polar surface area (TPSA) is 41.5 Å². The SMILES string of the molecule is C=NC(=O)NC(C)(C)C. The molecular weight excluding hydrogens is 116 g/mol. The van der Waals surface area contributed by atoms with Crippen molar-refractivity contribution in [3.05, 3.63) is 0 Å². The van der Waals surface area contributed by atoms with Crippen molar-refractivity contribution >= 4 is 12.7 Å². The molecule has 0 bridgehead atoms. The lowest BCUT2D eigenvalue weighted by atomic mass is 10.1. The lowest BCUT2D eigenvalue weighted by molar-refractivity contribution is 0.241. The van der Waals surface area contributed by atoms with E-state index < -0.39 is 0 Å². The zero-order chi connectivity index (χ0) is 7.49. The van der Waals surface area contributed by atoms with Gasteiger partial charge in [0.1, 0.15) is 0 Å². The van der Waals surface area contributed by atoms with E-state index in [-0.39, 0.29) is 11.6 Å². The summed E-state index contributed by atoms with van der Waals surface area (Å²) >= 11 is 0. The van der Waals surface area contributed by atoms with Crippen molar-refractivity contribution < 1.29 is 4.79 Å². The van der Waals surface area contributed by atoms with Crippen molar-refractivity contribution in [2.75, 3.05) is 0 Å².